The first-order valence-electron chi connectivity index (χ1n) is 9.35. The fraction of sp³-hybridized carbons (Fsp3) is 0.737. The first-order chi connectivity index (χ1) is 11.7. The number of aryl methyl sites for hydroxylation is 1. The molecule has 0 aliphatic carbocycles. The quantitative estimate of drug-likeness (QED) is 0.854. The van der Waals surface area contributed by atoms with Gasteiger partial charge in [0.05, 0.1) is 31.5 Å². The van der Waals surface area contributed by atoms with Gasteiger partial charge in [-0.2, -0.15) is 0 Å². The average molecular weight is 332 g/mol. The van der Waals surface area contributed by atoms with Gasteiger partial charge >= 0.3 is 0 Å². The molecular formula is C19H28N2O3. The van der Waals surface area contributed by atoms with Crippen molar-refractivity contribution >= 4 is 5.91 Å². The fourth-order valence-corrected chi connectivity index (χ4v) is 4.39. The van der Waals surface area contributed by atoms with E-state index in [1.165, 1.54) is 45.3 Å². The smallest absolute Gasteiger partial charge is 0.257 e. The molecule has 1 atom stereocenters. The van der Waals surface area contributed by atoms with Gasteiger partial charge in [-0.3, -0.25) is 4.79 Å². The van der Waals surface area contributed by atoms with E-state index in [0.717, 1.165) is 26.1 Å². The molecule has 4 rings (SSSR count). The largest absolute Gasteiger partial charge is 0.469 e. The van der Waals surface area contributed by atoms with Crippen LogP contribution in [0.15, 0.2) is 16.7 Å². The van der Waals surface area contributed by atoms with Crippen LogP contribution in [0.4, 0.5) is 0 Å². The Balaban J connectivity index is 1.25. The maximum absolute atomic E-state index is 12.5. The van der Waals surface area contributed by atoms with Crippen molar-refractivity contribution < 1.29 is 13.9 Å². The lowest BCUT2D eigenvalue weighted by Gasteiger charge is -2.53. The molecule has 1 unspecified atom stereocenters. The number of hydrogen-bond acceptors (Lipinski definition) is 4. The normalized spacial score (nSPS) is 27.2. The number of furan rings is 1. The number of rotatable bonds is 3. The summed E-state index contributed by atoms with van der Waals surface area (Å²) in [6, 6.07) is 1.76. The highest BCUT2D eigenvalue weighted by Crippen LogP contribution is 2.37. The molecule has 0 saturated carbocycles. The van der Waals surface area contributed by atoms with Gasteiger partial charge in [0.2, 0.25) is 0 Å². The van der Waals surface area contributed by atoms with Gasteiger partial charge in [-0.05, 0) is 57.7 Å². The molecule has 1 amide bonds. The van der Waals surface area contributed by atoms with Crippen LogP contribution in [0.2, 0.25) is 0 Å². The molecular weight excluding hydrogens is 304 g/mol. The van der Waals surface area contributed by atoms with E-state index in [2.05, 4.69) is 4.90 Å². The maximum Gasteiger partial charge on any atom is 0.257 e. The second-order valence-corrected chi connectivity index (χ2v) is 7.81. The summed E-state index contributed by atoms with van der Waals surface area (Å²) in [5.41, 5.74) is 0.606. The van der Waals surface area contributed by atoms with Crippen molar-refractivity contribution in [3.05, 3.63) is 23.7 Å². The number of carbonyl (C=O) groups is 1. The molecule has 24 heavy (non-hydrogen) atoms. The third-order valence-electron chi connectivity index (χ3n) is 5.93. The van der Waals surface area contributed by atoms with E-state index in [0.29, 0.717) is 17.2 Å². The topological polar surface area (TPSA) is 45.9 Å². The lowest BCUT2D eigenvalue weighted by Crippen LogP contribution is -2.66. The SMILES string of the molecule is Cc1occc1C(=O)N1CC2(CCC(CN3CCCCC3)CO2)C1. The van der Waals surface area contributed by atoms with Crippen LogP contribution in [0.1, 0.15) is 48.2 Å². The van der Waals surface area contributed by atoms with Crippen molar-refractivity contribution in [3.63, 3.8) is 0 Å². The fourth-order valence-electron chi connectivity index (χ4n) is 4.39. The molecule has 3 fully saturated rings. The summed E-state index contributed by atoms with van der Waals surface area (Å²) in [7, 11) is 0. The lowest BCUT2D eigenvalue weighted by molar-refractivity contribution is -0.168. The van der Waals surface area contributed by atoms with Crippen LogP contribution in [-0.4, -0.2) is 60.6 Å². The summed E-state index contributed by atoms with van der Waals surface area (Å²) in [6.45, 7) is 7.85. The predicted molar refractivity (Wildman–Crippen MR) is 91.0 cm³/mol. The molecule has 1 aromatic rings. The van der Waals surface area contributed by atoms with Crippen LogP contribution in [-0.2, 0) is 4.74 Å². The molecule has 4 heterocycles. The summed E-state index contributed by atoms with van der Waals surface area (Å²) in [5.74, 6) is 1.44. The Labute approximate surface area is 143 Å². The van der Waals surface area contributed by atoms with Crippen molar-refractivity contribution in [2.75, 3.05) is 39.3 Å². The van der Waals surface area contributed by atoms with E-state index in [1.807, 2.05) is 11.8 Å². The van der Waals surface area contributed by atoms with Gasteiger partial charge in [0.15, 0.2) is 0 Å². The molecule has 0 bridgehead atoms. The third-order valence-corrected chi connectivity index (χ3v) is 5.93. The minimum absolute atomic E-state index is 0.0749. The van der Waals surface area contributed by atoms with Gasteiger partial charge in [0.1, 0.15) is 11.4 Å². The van der Waals surface area contributed by atoms with Crippen molar-refractivity contribution in [2.24, 2.45) is 5.92 Å². The highest BCUT2D eigenvalue weighted by atomic mass is 16.5. The first-order valence-corrected chi connectivity index (χ1v) is 9.35. The van der Waals surface area contributed by atoms with E-state index >= 15 is 0 Å². The van der Waals surface area contributed by atoms with Gasteiger partial charge in [-0.25, -0.2) is 0 Å². The Kier molecular flexibility index (Phi) is 4.39. The number of carbonyl (C=O) groups excluding carboxylic acids is 1. The van der Waals surface area contributed by atoms with Gasteiger partial charge in [0.25, 0.3) is 5.91 Å². The van der Waals surface area contributed by atoms with Crippen LogP contribution in [0.25, 0.3) is 0 Å². The van der Waals surface area contributed by atoms with E-state index in [4.69, 9.17) is 9.15 Å². The molecule has 132 valence electrons. The van der Waals surface area contributed by atoms with Gasteiger partial charge < -0.3 is 19.0 Å². The molecule has 0 aromatic carbocycles. The third kappa shape index (κ3) is 3.11. The first kappa shape index (κ1) is 16.2. The minimum atomic E-state index is -0.0777. The van der Waals surface area contributed by atoms with Crippen molar-refractivity contribution in [1.82, 2.24) is 9.80 Å². The summed E-state index contributed by atoms with van der Waals surface area (Å²) in [5, 5.41) is 0. The second kappa shape index (κ2) is 6.52. The molecule has 3 saturated heterocycles. The number of ether oxygens (including phenoxy) is 1. The van der Waals surface area contributed by atoms with Crippen LogP contribution >= 0.6 is 0 Å². The van der Waals surface area contributed by atoms with Crippen LogP contribution in [0.5, 0.6) is 0 Å². The minimum Gasteiger partial charge on any atom is -0.469 e. The molecule has 3 aliphatic rings. The summed E-state index contributed by atoms with van der Waals surface area (Å²) in [6.07, 6.45) is 7.98. The highest BCUT2D eigenvalue weighted by Gasteiger charge is 2.48. The van der Waals surface area contributed by atoms with Crippen molar-refractivity contribution in [3.8, 4) is 0 Å². The monoisotopic (exact) mass is 332 g/mol. The molecule has 1 aromatic heterocycles. The van der Waals surface area contributed by atoms with E-state index in [9.17, 15) is 4.79 Å². The lowest BCUT2D eigenvalue weighted by atomic mass is 9.82. The van der Waals surface area contributed by atoms with Crippen molar-refractivity contribution in [2.45, 2.75) is 44.6 Å². The predicted octanol–water partition coefficient (Wildman–Crippen LogP) is 2.70. The number of piperidine rings is 1. The Hall–Kier alpha value is -1.33. The number of hydrogen-bond donors (Lipinski definition) is 0. The number of likely N-dealkylation sites (tertiary alicyclic amines) is 2. The Morgan fingerprint density at radius 3 is 2.71 bits per heavy atom. The van der Waals surface area contributed by atoms with Crippen LogP contribution in [0, 0.1) is 12.8 Å². The Morgan fingerprint density at radius 2 is 2.08 bits per heavy atom. The van der Waals surface area contributed by atoms with Gasteiger partial charge in [-0.15, -0.1) is 0 Å². The Morgan fingerprint density at radius 1 is 1.29 bits per heavy atom. The maximum atomic E-state index is 12.5. The van der Waals surface area contributed by atoms with E-state index in [-0.39, 0.29) is 11.5 Å². The average Bonchev–Trinajstić information content (AvgIpc) is 3.00. The standard InChI is InChI=1S/C19H28N2O3/c1-15-17(6-10-23-15)18(22)21-13-19(14-21)7-5-16(12-24-19)11-20-8-3-2-4-9-20/h6,10,16H,2-5,7-9,11-14H2,1H3. The highest BCUT2D eigenvalue weighted by molar-refractivity contribution is 5.95. The molecule has 0 N–H and O–H groups in total. The zero-order valence-electron chi connectivity index (χ0n) is 14.6. The molecule has 5 heteroatoms. The summed E-state index contributed by atoms with van der Waals surface area (Å²) in [4.78, 5) is 17.0. The molecule has 0 radical (unpaired) electrons. The van der Waals surface area contributed by atoms with Crippen LogP contribution < -0.4 is 0 Å². The van der Waals surface area contributed by atoms with Gasteiger partial charge in [-0.1, -0.05) is 6.42 Å². The number of amides is 1. The van der Waals surface area contributed by atoms with Crippen molar-refractivity contribution in [1.29, 1.82) is 0 Å². The van der Waals surface area contributed by atoms with Gasteiger partial charge in [0, 0.05) is 6.54 Å². The summed E-state index contributed by atoms with van der Waals surface area (Å²) < 4.78 is 11.5. The number of nitrogens with zero attached hydrogens (tertiary/aromatic N) is 2. The zero-order valence-corrected chi connectivity index (χ0v) is 14.6. The Bertz CT molecular complexity index is 575. The van der Waals surface area contributed by atoms with Crippen LogP contribution in [0.3, 0.4) is 0 Å². The summed E-state index contributed by atoms with van der Waals surface area (Å²) >= 11 is 0. The van der Waals surface area contributed by atoms with E-state index < -0.39 is 0 Å². The molecule has 3 aliphatic heterocycles. The van der Waals surface area contributed by atoms with E-state index in [1.54, 1.807) is 12.3 Å². The molecule has 1 spiro atoms. The molecule has 5 nitrogen and oxygen atoms in total. The zero-order chi connectivity index (χ0) is 16.6. The second-order valence-electron chi connectivity index (χ2n) is 7.81.